The topological polar surface area (TPSA) is 237 Å². The normalized spacial score (nSPS) is 13.9. The van der Waals surface area contributed by atoms with Gasteiger partial charge in [0.15, 0.2) is 12.2 Å². The predicted molar refractivity (Wildman–Crippen MR) is 391 cm³/mol. The quantitative estimate of drug-likeness (QED) is 0.0222. The minimum atomic E-state index is -4.96. The predicted octanol–water partition coefficient (Wildman–Crippen LogP) is 22.9. The third-order valence-corrected chi connectivity index (χ3v) is 19.9. The van der Waals surface area contributed by atoms with Crippen LogP contribution in [0.4, 0.5) is 0 Å². The maximum Gasteiger partial charge on any atom is 0.472 e. The Labute approximate surface area is 588 Å². The summed E-state index contributed by atoms with van der Waals surface area (Å²) in [6.07, 6.45) is 60.2. The Morgan fingerprint density at radius 1 is 0.281 bits per heavy atom. The third kappa shape index (κ3) is 70.5. The van der Waals surface area contributed by atoms with E-state index >= 15 is 0 Å². The second-order valence-corrected chi connectivity index (χ2v) is 31.1. The highest BCUT2D eigenvalue weighted by Gasteiger charge is 2.30. The average Bonchev–Trinajstić information content (AvgIpc) is 2.35. The second kappa shape index (κ2) is 70.1. The van der Waals surface area contributed by atoms with E-state index in [0.29, 0.717) is 25.7 Å². The fourth-order valence-corrected chi connectivity index (χ4v) is 13.5. The summed E-state index contributed by atoms with van der Waals surface area (Å²) in [7, 11) is -9.90. The van der Waals surface area contributed by atoms with Crippen LogP contribution in [0.25, 0.3) is 0 Å². The molecule has 0 saturated heterocycles. The largest absolute Gasteiger partial charge is 0.472 e. The van der Waals surface area contributed by atoms with Gasteiger partial charge >= 0.3 is 39.5 Å². The minimum Gasteiger partial charge on any atom is -0.462 e. The molecule has 0 aromatic heterocycles. The zero-order valence-corrected chi connectivity index (χ0v) is 64.3. The summed E-state index contributed by atoms with van der Waals surface area (Å²) < 4.78 is 68.3. The number of esters is 4. The molecule has 5 atom stereocenters. The summed E-state index contributed by atoms with van der Waals surface area (Å²) in [6.45, 7) is 7.23. The number of aliphatic hydroxyl groups is 1. The van der Waals surface area contributed by atoms with E-state index in [1.807, 2.05) is 0 Å². The van der Waals surface area contributed by atoms with E-state index in [-0.39, 0.29) is 25.7 Å². The molecule has 0 aliphatic rings. The molecule has 0 bridgehead atoms. The summed E-state index contributed by atoms with van der Waals surface area (Å²) in [5.41, 5.74) is 0. The zero-order chi connectivity index (χ0) is 70.5. The lowest BCUT2D eigenvalue weighted by molar-refractivity contribution is -0.161. The lowest BCUT2D eigenvalue weighted by atomic mass is 10.0. The van der Waals surface area contributed by atoms with Crippen molar-refractivity contribution in [2.24, 2.45) is 5.92 Å². The summed E-state index contributed by atoms with van der Waals surface area (Å²) in [4.78, 5) is 72.5. The number of aliphatic hydroxyl groups excluding tert-OH is 1. The Hall–Kier alpha value is -1.94. The fourth-order valence-electron chi connectivity index (χ4n) is 11.9. The molecule has 0 aromatic rings. The van der Waals surface area contributed by atoms with E-state index in [2.05, 4.69) is 34.6 Å². The van der Waals surface area contributed by atoms with Crippen LogP contribution in [0.5, 0.6) is 0 Å². The van der Waals surface area contributed by atoms with Gasteiger partial charge in [0.05, 0.1) is 26.4 Å². The number of phosphoric acid groups is 2. The van der Waals surface area contributed by atoms with E-state index in [1.54, 1.807) is 0 Å². The van der Waals surface area contributed by atoms with Gasteiger partial charge in [-0.3, -0.25) is 37.3 Å². The molecule has 570 valence electrons. The van der Waals surface area contributed by atoms with E-state index in [9.17, 15) is 43.2 Å². The Balaban J connectivity index is 5.11. The van der Waals surface area contributed by atoms with Crippen LogP contribution in [-0.4, -0.2) is 96.7 Å². The van der Waals surface area contributed by atoms with Gasteiger partial charge in [0, 0.05) is 25.7 Å². The van der Waals surface area contributed by atoms with Crippen LogP contribution in [0.1, 0.15) is 407 Å². The highest BCUT2D eigenvalue weighted by Crippen LogP contribution is 2.45. The summed E-state index contributed by atoms with van der Waals surface area (Å²) in [6, 6.07) is 0. The van der Waals surface area contributed by atoms with Crippen LogP contribution in [0.2, 0.25) is 0 Å². The summed E-state index contributed by atoms with van der Waals surface area (Å²) in [5, 5.41) is 10.6. The number of carbonyl (C=O) groups excluding carboxylic acids is 4. The Morgan fingerprint density at radius 2 is 0.479 bits per heavy atom. The molecule has 0 aliphatic heterocycles. The Morgan fingerprint density at radius 3 is 0.708 bits per heavy atom. The number of phosphoric ester groups is 2. The van der Waals surface area contributed by atoms with Crippen LogP contribution in [0.15, 0.2) is 0 Å². The SMILES string of the molecule is CCCCCCCCCCCCCCCCCCCCCCCC(=O)O[C@H](COC(=O)CCCCCCCCCCCCCCCCCCC(C)C)COP(=O)(O)OC[C@@H](O)COP(=O)(O)OC[C@@H](COC(=O)CCCCCCC)OC(=O)CCCCCCCCCCCCC. The highest BCUT2D eigenvalue weighted by molar-refractivity contribution is 7.47. The third-order valence-electron chi connectivity index (χ3n) is 18.0. The number of hydrogen-bond acceptors (Lipinski definition) is 15. The molecule has 2 unspecified atom stereocenters. The van der Waals surface area contributed by atoms with Crippen molar-refractivity contribution in [2.45, 2.75) is 425 Å². The second-order valence-electron chi connectivity index (χ2n) is 28.2. The molecular weight excluding hydrogens is 1260 g/mol. The molecule has 3 N–H and O–H groups in total. The van der Waals surface area contributed by atoms with Gasteiger partial charge in [0.2, 0.25) is 0 Å². The molecule has 0 saturated carbocycles. The van der Waals surface area contributed by atoms with E-state index in [0.717, 1.165) is 102 Å². The first-order valence-corrected chi connectivity index (χ1v) is 43.1. The smallest absolute Gasteiger partial charge is 0.462 e. The van der Waals surface area contributed by atoms with Crippen molar-refractivity contribution in [2.75, 3.05) is 39.6 Å². The number of rotatable bonds is 77. The molecule has 0 amide bonds. The van der Waals surface area contributed by atoms with Gasteiger partial charge in [-0.15, -0.1) is 0 Å². The van der Waals surface area contributed by atoms with Crippen molar-refractivity contribution in [3.8, 4) is 0 Å². The molecule has 0 aliphatic carbocycles. The zero-order valence-electron chi connectivity index (χ0n) is 62.5. The molecule has 0 spiro atoms. The summed E-state index contributed by atoms with van der Waals surface area (Å²) in [5.74, 6) is -1.31. The standard InChI is InChI=1S/C77H150O17P2/c1-6-9-12-15-17-19-21-22-23-24-25-26-27-28-33-36-40-44-48-53-58-63-77(82)94-73(67-88-75(80)61-56-51-46-42-39-35-32-30-29-31-34-38-41-45-50-54-59-70(4)5)69-92-96(85,86)90-65-71(78)64-89-95(83,84)91-68-72(66-87-74(79)60-55-49-14-11-8-3)93-76(81)62-57-52-47-43-37-20-18-16-13-10-7-2/h70-73,78H,6-69H2,1-5H3,(H,83,84)(H,85,86)/t71-,72+,73+/m0/s1. The molecule has 96 heavy (non-hydrogen) atoms. The summed E-state index contributed by atoms with van der Waals surface area (Å²) >= 11 is 0. The molecule has 19 heteroatoms. The maximum atomic E-state index is 13.1. The number of carbonyl (C=O) groups is 4. The lowest BCUT2D eigenvalue weighted by Gasteiger charge is -2.21. The molecule has 0 radical (unpaired) electrons. The number of unbranched alkanes of at least 4 members (excludes halogenated alkanes) is 49. The first-order valence-electron chi connectivity index (χ1n) is 40.1. The highest BCUT2D eigenvalue weighted by atomic mass is 31.2. The van der Waals surface area contributed by atoms with E-state index in [4.69, 9.17) is 37.0 Å². The van der Waals surface area contributed by atoms with Crippen molar-refractivity contribution >= 4 is 39.5 Å². The molecule has 0 fully saturated rings. The number of ether oxygens (including phenoxy) is 4. The van der Waals surface area contributed by atoms with Gasteiger partial charge in [-0.2, -0.15) is 0 Å². The van der Waals surface area contributed by atoms with Crippen molar-refractivity contribution in [3.63, 3.8) is 0 Å². The van der Waals surface area contributed by atoms with Crippen molar-refractivity contribution in [1.29, 1.82) is 0 Å². The maximum absolute atomic E-state index is 13.1. The van der Waals surface area contributed by atoms with Crippen LogP contribution in [0, 0.1) is 5.92 Å². The molecule has 0 heterocycles. The van der Waals surface area contributed by atoms with Crippen LogP contribution < -0.4 is 0 Å². The van der Waals surface area contributed by atoms with Crippen molar-refractivity contribution in [3.05, 3.63) is 0 Å². The van der Waals surface area contributed by atoms with Gasteiger partial charge < -0.3 is 33.8 Å². The van der Waals surface area contributed by atoms with E-state index in [1.165, 1.54) is 225 Å². The van der Waals surface area contributed by atoms with Crippen LogP contribution in [0.3, 0.4) is 0 Å². The lowest BCUT2D eigenvalue weighted by Crippen LogP contribution is -2.30. The molecule has 17 nitrogen and oxygen atoms in total. The van der Waals surface area contributed by atoms with Gasteiger partial charge in [0.25, 0.3) is 0 Å². The minimum absolute atomic E-state index is 0.106. The van der Waals surface area contributed by atoms with Crippen molar-refractivity contribution < 1.29 is 80.2 Å². The molecular formula is C77H150O17P2. The number of hydrogen-bond donors (Lipinski definition) is 3. The van der Waals surface area contributed by atoms with Crippen LogP contribution in [-0.2, 0) is 65.4 Å². The van der Waals surface area contributed by atoms with Gasteiger partial charge in [-0.05, 0) is 31.6 Å². The Kier molecular flexibility index (Phi) is 68.7. The van der Waals surface area contributed by atoms with Gasteiger partial charge in [-0.25, -0.2) is 9.13 Å². The van der Waals surface area contributed by atoms with E-state index < -0.39 is 97.5 Å². The van der Waals surface area contributed by atoms with Crippen LogP contribution >= 0.6 is 15.6 Å². The van der Waals surface area contributed by atoms with Gasteiger partial charge in [-0.1, -0.05) is 356 Å². The average molecular weight is 1410 g/mol. The Bertz CT molecular complexity index is 1840. The molecule has 0 rings (SSSR count). The van der Waals surface area contributed by atoms with Gasteiger partial charge in [0.1, 0.15) is 19.3 Å². The fraction of sp³-hybridized carbons (Fsp3) is 0.948. The first kappa shape index (κ1) is 94.1. The molecule has 0 aromatic carbocycles. The first-order chi connectivity index (χ1) is 46.5. The van der Waals surface area contributed by atoms with Crippen molar-refractivity contribution in [1.82, 2.24) is 0 Å². The monoisotopic (exact) mass is 1410 g/mol.